The molecule has 34 heavy (non-hydrogen) atoms. The number of rotatable bonds is 5. The molecule has 0 fully saturated rings. The van der Waals surface area contributed by atoms with E-state index < -0.39 is 11.7 Å². The second-order valence-corrected chi connectivity index (χ2v) is 9.12. The van der Waals surface area contributed by atoms with Crippen LogP contribution in [0.1, 0.15) is 20.4 Å². The Balaban J connectivity index is 0.00000204. The topological polar surface area (TPSA) is 66.9 Å². The van der Waals surface area contributed by atoms with Gasteiger partial charge in [0, 0.05) is 18.5 Å². The highest BCUT2D eigenvalue weighted by molar-refractivity contribution is 8.03. The van der Waals surface area contributed by atoms with Gasteiger partial charge in [0.25, 0.3) is 5.56 Å². The number of thioether (sulfide) groups is 1. The molecule has 0 spiro atoms. The molecule has 4 rings (SSSR count). The smallest absolute Gasteiger partial charge is 0.336 e. The number of anilines is 1. The van der Waals surface area contributed by atoms with Crippen LogP contribution >= 0.6 is 23.1 Å². The first-order valence-corrected chi connectivity index (χ1v) is 11.4. The van der Waals surface area contributed by atoms with E-state index in [9.17, 15) is 14.7 Å². The van der Waals surface area contributed by atoms with Crippen molar-refractivity contribution in [3.8, 4) is 0 Å². The Hall–Kier alpha value is -3.54. The molecule has 0 bridgehead atoms. The van der Waals surface area contributed by atoms with E-state index in [1.54, 1.807) is 17.8 Å². The summed E-state index contributed by atoms with van der Waals surface area (Å²) >= 11 is 2.65. The fourth-order valence-electron chi connectivity index (χ4n) is 3.40. The Kier molecular flexibility index (Phi) is 9.07. The standard InChI is InChI=1S/C24H19N3O3S2.2CH4/c1-25-21(24(29)30)23-27(15-14-16-8-4-3-5-9-16)22(28)19(32-23)12-13-20-26(2)17-10-6-7-11-18(17)31-20;;/h3-13H,14-15H2,2H3,(H,29,30);2*1H4/b19-12+,20-13-,23-21-;;. The van der Waals surface area contributed by atoms with Crippen LogP contribution in [0.4, 0.5) is 5.69 Å². The lowest BCUT2D eigenvalue weighted by atomic mass is 10.1. The lowest BCUT2D eigenvalue weighted by molar-refractivity contribution is -0.130. The molecule has 0 saturated heterocycles. The normalized spacial score (nSPS) is 14.6. The van der Waals surface area contributed by atoms with Crippen LogP contribution in [0.15, 0.2) is 75.4 Å². The summed E-state index contributed by atoms with van der Waals surface area (Å²) in [6, 6.07) is 17.7. The van der Waals surface area contributed by atoms with Crippen molar-refractivity contribution in [2.45, 2.75) is 32.7 Å². The van der Waals surface area contributed by atoms with E-state index in [0.29, 0.717) is 17.5 Å². The van der Waals surface area contributed by atoms with E-state index in [-0.39, 0.29) is 25.1 Å². The zero-order chi connectivity index (χ0) is 22.7. The maximum Gasteiger partial charge on any atom is 0.336 e. The molecule has 1 N–H and O–H groups in total. The number of fused-ring (bicyclic) bond motifs is 1. The van der Waals surface area contributed by atoms with Crippen molar-refractivity contribution in [1.82, 2.24) is 4.57 Å². The third-order valence-corrected chi connectivity index (χ3v) is 7.36. The second-order valence-electron chi connectivity index (χ2n) is 7.03. The number of carboxylic acids is 1. The molecule has 2 heterocycles. The molecule has 8 heteroatoms. The molecule has 176 valence electrons. The van der Waals surface area contributed by atoms with Crippen LogP contribution < -0.4 is 19.7 Å². The molecular formula is C26H27N3O3S2. The average Bonchev–Trinajstić information content (AvgIpc) is 3.28. The van der Waals surface area contributed by atoms with Gasteiger partial charge in [0.15, 0.2) is 0 Å². The quantitative estimate of drug-likeness (QED) is 0.534. The minimum absolute atomic E-state index is 0. The predicted octanol–water partition coefficient (Wildman–Crippen LogP) is 4.40. The van der Waals surface area contributed by atoms with Gasteiger partial charge >= 0.3 is 11.7 Å². The minimum atomic E-state index is -1.33. The van der Waals surface area contributed by atoms with Gasteiger partial charge in [0.2, 0.25) is 0 Å². The summed E-state index contributed by atoms with van der Waals surface area (Å²) in [5.41, 5.74) is 1.40. The van der Waals surface area contributed by atoms with Gasteiger partial charge in [-0.1, -0.05) is 69.1 Å². The van der Waals surface area contributed by atoms with Crippen LogP contribution in [0, 0.1) is 6.57 Å². The summed E-state index contributed by atoms with van der Waals surface area (Å²) in [7, 11) is 1.96. The molecule has 0 saturated carbocycles. The van der Waals surface area contributed by atoms with Crippen LogP contribution in [0.2, 0.25) is 0 Å². The highest BCUT2D eigenvalue weighted by Gasteiger charge is 2.20. The Morgan fingerprint density at radius 3 is 2.41 bits per heavy atom. The monoisotopic (exact) mass is 493 g/mol. The molecule has 1 aliphatic heterocycles. The van der Waals surface area contributed by atoms with Gasteiger partial charge in [0.05, 0.1) is 21.8 Å². The van der Waals surface area contributed by atoms with Crippen molar-refractivity contribution in [3.63, 3.8) is 0 Å². The molecule has 6 nitrogen and oxygen atoms in total. The zero-order valence-electron chi connectivity index (χ0n) is 17.2. The van der Waals surface area contributed by atoms with Crippen LogP contribution in [0.3, 0.4) is 0 Å². The lowest BCUT2D eigenvalue weighted by Crippen LogP contribution is -2.33. The van der Waals surface area contributed by atoms with Gasteiger partial charge in [-0.15, -0.1) is 11.3 Å². The average molecular weight is 494 g/mol. The van der Waals surface area contributed by atoms with E-state index in [1.165, 1.54) is 4.57 Å². The summed E-state index contributed by atoms with van der Waals surface area (Å²) in [6.45, 7) is 7.60. The molecule has 2 aromatic carbocycles. The largest absolute Gasteiger partial charge is 0.486 e. The van der Waals surface area contributed by atoms with E-state index in [4.69, 9.17) is 6.57 Å². The van der Waals surface area contributed by atoms with Crippen molar-refractivity contribution in [2.24, 2.45) is 0 Å². The maximum atomic E-state index is 13.1. The number of nitrogens with zero attached hydrogens (tertiary/aromatic N) is 3. The van der Waals surface area contributed by atoms with Crippen molar-refractivity contribution in [3.05, 3.63) is 102 Å². The summed E-state index contributed by atoms with van der Waals surface area (Å²) in [5.74, 6) is -1.33. The van der Waals surface area contributed by atoms with Crippen LogP contribution in [0.5, 0.6) is 0 Å². The van der Waals surface area contributed by atoms with Crippen LogP contribution in [0.25, 0.3) is 16.6 Å². The Labute approximate surface area is 207 Å². The molecule has 3 aromatic rings. The van der Waals surface area contributed by atoms with Gasteiger partial charge < -0.3 is 14.6 Å². The summed E-state index contributed by atoms with van der Waals surface area (Å²) < 4.78 is 1.98. The SMILES string of the molecule is C.C.[C-]#[N+]/C(C(=O)O)=c1\s/c(=C/C=C2\Sc3ccccc3N2C)c(=O)n1CCc1ccccc1. The van der Waals surface area contributed by atoms with Crippen molar-refractivity contribution >= 4 is 46.5 Å². The number of thiazole rings is 1. The van der Waals surface area contributed by atoms with Gasteiger partial charge in [0.1, 0.15) is 4.66 Å². The number of carboxylic acid groups (broad SMARTS) is 1. The van der Waals surface area contributed by atoms with E-state index in [2.05, 4.69) is 4.85 Å². The first-order valence-electron chi connectivity index (χ1n) is 9.81. The van der Waals surface area contributed by atoms with E-state index in [1.807, 2.05) is 72.6 Å². The summed E-state index contributed by atoms with van der Waals surface area (Å²) in [5, 5.41) is 10.4. The van der Waals surface area contributed by atoms with Crippen LogP contribution in [-0.4, -0.2) is 22.7 Å². The van der Waals surface area contributed by atoms with Crippen molar-refractivity contribution in [2.75, 3.05) is 11.9 Å². The lowest BCUT2D eigenvalue weighted by Gasteiger charge is -2.12. The zero-order valence-corrected chi connectivity index (χ0v) is 18.8. The molecule has 0 atom stereocenters. The number of hydrogen-bond acceptors (Lipinski definition) is 5. The maximum absolute atomic E-state index is 13.1. The number of allylic oxidation sites excluding steroid dienone is 1. The van der Waals surface area contributed by atoms with Gasteiger partial charge in [-0.05, 0) is 36.3 Å². The predicted molar refractivity (Wildman–Crippen MR) is 142 cm³/mol. The number of carbonyl (C=O) groups is 1. The minimum Gasteiger partial charge on any atom is -0.486 e. The van der Waals surface area contributed by atoms with Gasteiger partial charge in [-0.3, -0.25) is 9.59 Å². The number of hydrogen-bond donors (Lipinski definition) is 1. The highest BCUT2D eigenvalue weighted by atomic mass is 32.2. The van der Waals surface area contributed by atoms with E-state index in [0.717, 1.165) is 32.5 Å². The molecule has 1 aromatic heterocycles. The number of aryl methyl sites for hydroxylation is 1. The molecule has 0 unspecified atom stereocenters. The Bertz CT molecular complexity index is 1430. The first-order chi connectivity index (χ1) is 15.5. The summed E-state index contributed by atoms with van der Waals surface area (Å²) in [4.78, 5) is 31.1. The second kappa shape index (κ2) is 11.5. The number of aromatic nitrogens is 1. The third-order valence-electron chi connectivity index (χ3n) is 5.04. The highest BCUT2D eigenvalue weighted by Crippen LogP contribution is 2.44. The van der Waals surface area contributed by atoms with Crippen molar-refractivity contribution in [1.29, 1.82) is 0 Å². The third kappa shape index (κ3) is 5.33. The van der Waals surface area contributed by atoms with Gasteiger partial charge in [-0.2, -0.15) is 0 Å². The Morgan fingerprint density at radius 1 is 1.09 bits per heavy atom. The van der Waals surface area contributed by atoms with Gasteiger partial charge in [-0.25, -0.2) is 4.85 Å². The molecule has 1 aliphatic rings. The first kappa shape index (κ1) is 26.7. The number of aliphatic carboxylic acids is 1. The molecule has 0 amide bonds. The molecule has 0 radical (unpaired) electrons. The number of benzene rings is 2. The molecular weight excluding hydrogens is 466 g/mol. The Morgan fingerprint density at radius 2 is 1.76 bits per heavy atom. The van der Waals surface area contributed by atoms with Crippen LogP contribution in [-0.2, 0) is 17.8 Å². The molecule has 0 aliphatic carbocycles. The number of para-hydroxylation sites is 1. The fourth-order valence-corrected chi connectivity index (χ4v) is 5.51. The van der Waals surface area contributed by atoms with E-state index >= 15 is 0 Å². The summed E-state index contributed by atoms with van der Waals surface area (Å²) in [6.07, 6.45) is 4.13. The fraction of sp³-hybridized carbons (Fsp3) is 0.192. The van der Waals surface area contributed by atoms with Crippen molar-refractivity contribution < 1.29 is 9.90 Å².